The molecule has 2 saturated heterocycles. The first-order chi connectivity index (χ1) is 12.0. The number of aromatic nitrogens is 2. The van der Waals surface area contributed by atoms with E-state index in [1.54, 1.807) is 18.2 Å². The molecule has 0 spiro atoms. The molecule has 1 amide bonds. The first-order valence-electron chi connectivity index (χ1n) is 8.89. The number of aromatic amines is 1. The third kappa shape index (κ3) is 3.29. The fourth-order valence-corrected chi connectivity index (χ4v) is 4.18. The number of piperidine rings is 1. The average Bonchev–Trinajstić information content (AvgIpc) is 2.94. The van der Waals surface area contributed by atoms with Gasteiger partial charge in [-0.25, -0.2) is 0 Å². The molecule has 2 aliphatic rings. The van der Waals surface area contributed by atoms with Crippen molar-refractivity contribution in [2.45, 2.75) is 57.3 Å². The fraction of sp³-hybridized carbons (Fsp3) is 0.500. The summed E-state index contributed by atoms with van der Waals surface area (Å²) in [4.78, 5) is 38.9. The molecule has 8 heteroatoms. The van der Waals surface area contributed by atoms with Gasteiger partial charge in [0.05, 0.1) is 11.0 Å². The highest BCUT2D eigenvalue weighted by Gasteiger charge is 2.34. The minimum atomic E-state index is -0.665. The lowest BCUT2D eigenvalue weighted by Gasteiger charge is -2.29. The molecule has 7 nitrogen and oxygen atoms in total. The van der Waals surface area contributed by atoms with Crippen molar-refractivity contribution in [1.29, 1.82) is 0 Å². The second-order valence-electron chi connectivity index (χ2n) is 7.02. The van der Waals surface area contributed by atoms with Crippen LogP contribution in [0.4, 0.5) is 0 Å². The van der Waals surface area contributed by atoms with Crippen molar-refractivity contribution < 1.29 is 4.79 Å². The van der Waals surface area contributed by atoms with Crippen LogP contribution in [0.1, 0.15) is 43.0 Å². The summed E-state index contributed by atoms with van der Waals surface area (Å²) < 4.78 is 1.42. The molecule has 2 aliphatic heterocycles. The van der Waals surface area contributed by atoms with Crippen LogP contribution in [0, 0.1) is 0 Å². The zero-order valence-electron chi connectivity index (χ0n) is 14.6. The molecule has 2 aromatic rings. The lowest BCUT2D eigenvalue weighted by Crippen LogP contribution is -2.48. The highest BCUT2D eigenvalue weighted by atomic mass is 35.5. The largest absolute Gasteiger partial charge is 0.349 e. The van der Waals surface area contributed by atoms with Gasteiger partial charge in [-0.05, 0) is 50.8 Å². The van der Waals surface area contributed by atoms with Gasteiger partial charge in [0.25, 0.3) is 5.91 Å². The lowest BCUT2D eigenvalue weighted by molar-refractivity contribution is 0.0924. The van der Waals surface area contributed by atoms with Gasteiger partial charge in [-0.1, -0.05) is 0 Å². The van der Waals surface area contributed by atoms with Gasteiger partial charge in [0, 0.05) is 30.2 Å². The summed E-state index contributed by atoms with van der Waals surface area (Å²) >= 11 is 0. The van der Waals surface area contributed by atoms with Gasteiger partial charge in [-0.2, -0.15) is 0 Å². The summed E-state index contributed by atoms with van der Waals surface area (Å²) in [5.74, 6) is -0.136. The first-order valence-corrected chi connectivity index (χ1v) is 8.89. The molecule has 0 radical (unpaired) electrons. The summed E-state index contributed by atoms with van der Waals surface area (Å²) in [6.45, 7) is 2.22. The number of nitrogens with one attached hydrogen (secondary N) is 3. The Labute approximate surface area is 156 Å². The Morgan fingerprint density at radius 2 is 1.92 bits per heavy atom. The first kappa shape index (κ1) is 18.7. The molecule has 2 fully saturated rings. The number of halogens is 1. The third-order valence-corrected chi connectivity index (χ3v) is 5.36. The van der Waals surface area contributed by atoms with Gasteiger partial charge >= 0.3 is 11.1 Å². The number of carbonyl (C=O) groups is 1. The number of H-pyrrole nitrogens is 1. The van der Waals surface area contributed by atoms with Crippen LogP contribution in [0.2, 0.25) is 0 Å². The second kappa shape index (κ2) is 7.25. The van der Waals surface area contributed by atoms with Gasteiger partial charge in [-0.3, -0.25) is 14.4 Å². The smallest absolute Gasteiger partial charge is 0.316 e. The van der Waals surface area contributed by atoms with Gasteiger partial charge in [0.2, 0.25) is 0 Å². The summed E-state index contributed by atoms with van der Waals surface area (Å²) in [7, 11) is 0. The number of hydrogen-bond donors (Lipinski definition) is 3. The van der Waals surface area contributed by atoms with Crippen molar-refractivity contribution in [1.82, 2.24) is 20.2 Å². The maximum atomic E-state index is 12.6. The minimum absolute atomic E-state index is 0. The molecule has 3 heterocycles. The second-order valence-corrected chi connectivity index (χ2v) is 7.02. The molecule has 3 N–H and O–H groups in total. The van der Waals surface area contributed by atoms with E-state index in [0.717, 1.165) is 12.8 Å². The predicted molar refractivity (Wildman–Crippen MR) is 102 cm³/mol. The molecule has 0 saturated carbocycles. The van der Waals surface area contributed by atoms with E-state index in [1.165, 1.54) is 17.4 Å². The van der Waals surface area contributed by atoms with Crippen LogP contribution in [0.5, 0.6) is 0 Å². The van der Waals surface area contributed by atoms with Crippen molar-refractivity contribution in [3.63, 3.8) is 0 Å². The van der Waals surface area contributed by atoms with E-state index >= 15 is 0 Å². The van der Waals surface area contributed by atoms with Crippen molar-refractivity contribution in [3.05, 3.63) is 44.5 Å². The Hall–Kier alpha value is -2.12. The van der Waals surface area contributed by atoms with Gasteiger partial charge in [0.15, 0.2) is 0 Å². The molecule has 2 atom stereocenters. The van der Waals surface area contributed by atoms with Crippen molar-refractivity contribution in [2.24, 2.45) is 0 Å². The van der Waals surface area contributed by atoms with E-state index in [-0.39, 0.29) is 24.4 Å². The van der Waals surface area contributed by atoms with Crippen molar-refractivity contribution >= 4 is 29.3 Å². The average molecular weight is 379 g/mol. The standard InChI is InChI=1S/C18H22N4O3.ClH/c1-2-22-15-6-3-10(7-14(15)21-17(24)18(22)25)16(23)20-13-8-11-4-5-12(9-13)19-11;/h3,6-7,11-13,19H,2,4-5,8-9H2,1H3,(H,20,23)(H,21,24);1H. The Balaban J connectivity index is 0.00000196. The van der Waals surface area contributed by atoms with Gasteiger partial charge < -0.3 is 20.2 Å². The number of nitrogens with zero attached hydrogens (tertiary/aromatic N) is 1. The van der Waals surface area contributed by atoms with Crippen LogP contribution in [0.25, 0.3) is 11.0 Å². The molecule has 4 rings (SSSR count). The van der Waals surface area contributed by atoms with Crippen molar-refractivity contribution in [2.75, 3.05) is 0 Å². The van der Waals surface area contributed by atoms with E-state index in [9.17, 15) is 14.4 Å². The summed E-state index contributed by atoms with van der Waals surface area (Å²) in [6.07, 6.45) is 4.29. The quantitative estimate of drug-likeness (QED) is 0.698. The normalized spacial score (nSPS) is 24.3. The molecule has 26 heavy (non-hydrogen) atoms. The zero-order chi connectivity index (χ0) is 17.6. The Morgan fingerprint density at radius 1 is 1.23 bits per heavy atom. The third-order valence-electron chi connectivity index (χ3n) is 5.36. The number of aryl methyl sites for hydroxylation is 1. The Bertz CT molecular complexity index is 940. The molecule has 0 aliphatic carbocycles. The number of fused-ring (bicyclic) bond motifs is 3. The van der Waals surface area contributed by atoms with E-state index in [4.69, 9.17) is 0 Å². The number of carbonyl (C=O) groups excluding carboxylic acids is 1. The molecule has 2 bridgehead atoms. The molecular weight excluding hydrogens is 356 g/mol. The summed E-state index contributed by atoms with van der Waals surface area (Å²) in [5, 5.41) is 6.67. The van der Waals surface area contributed by atoms with E-state index in [1.807, 2.05) is 6.92 Å². The van der Waals surface area contributed by atoms with Crippen LogP contribution < -0.4 is 21.8 Å². The highest BCUT2D eigenvalue weighted by molar-refractivity contribution is 5.97. The molecular formula is C18H23ClN4O3. The van der Waals surface area contributed by atoms with Crippen LogP contribution in [0.15, 0.2) is 27.8 Å². The molecule has 2 unspecified atom stereocenters. The van der Waals surface area contributed by atoms with E-state index < -0.39 is 11.1 Å². The van der Waals surface area contributed by atoms with Crippen LogP contribution in [0.3, 0.4) is 0 Å². The highest BCUT2D eigenvalue weighted by Crippen LogP contribution is 2.27. The summed E-state index contributed by atoms with van der Waals surface area (Å²) in [5.41, 5.74) is 0.391. The summed E-state index contributed by atoms with van der Waals surface area (Å²) in [6, 6.07) is 6.28. The number of rotatable bonds is 3. The number of benzene rings is 1. The Morgan fingerprint density at radius 3 is 2.58 bits per heavy atom. The van der Waals surface area contributed by atoms with Gasteiger partial charge in [0.1, 0.15) is 0 Å². The molecule has 1 aromatic carbocycles. The monoisotopic (exact) mass is 378 g/mol. The van der Waals surface area contributed by atoms with E-state index in [0.29, 0.717) is 35.2 Å². The Kier molecular flexibility index (Phi) is 5.20. The fourth-order valence-electron chi connectivity index (χ4n) is 4.18. The minimum Gasteiger partial charge on any atom is -0.349 e. The molecule has 140 valence electrons. The van der Waals surface area contributed by atoms with Gasteiger partial charge in [-0.15, -0.1) is 12.4 Å². The topological polar surface area (TPSA) is 96.0 Å². The van der Waals surface area contributed by atoms with E-state index in [2.05, 4.69) is 15.6 Å². The number of amides is 1. The number of hydrogen-bond acceptors (Lipinski definition) is 4. The zero-order valence-corrected chi connectivity index (χ0v) is 15.4. The lowest BCUT2D eigenvalue weighted by atomic mass is 9.99. The van der Waals surface area contributed by atoms with Crippen LogP contribution in [-0.4, -0.2) is 33.6 Å². The molecule has 1 aromatic heterocycles. The maximum absolute atomic E-state index is 12.6. The SMILES string of the molecule is CCn1c(=O)c(=O)[nH]c2cc(C(=O)NC3CC4CCC(C3)N4)ccc21.Cl. The maximum Gasteiger partial charge on any atom is 0.316 e. The van der Waals surface area contributed by atoms with Crippen molar-refractivity contribution in [3.8, 4) is 0 Å². The van der Waals surface area contributed by atoms with Crippen LogP contribution >= 0.6 is 12.4 Å². The predicted octanol–water partition coefficient (Wildman–Crippen LogP) is 1.14. The van der Waals surface area contributed by atoms with Crippen LogP contribution in [-0.2, 0) is 6.54 Å².